The second-order valence-electron chi connectivity index (χ2n) is 8.29. The standard InChI is InChI=1S/C21H29BrN2O2/c1-14(2)26-20-12-16(22)5-8-18(20)21(25)23-11-9-19-15(13-23)4-3-10-24(19)17-6-7-17/h5,8,12,14-15,17,19H,3-4,6-7,9-11,13H2,1-2H3. The fraction of sp³-hybridized carbons (Fsp3) is 0.667. The van der Waals surface area contributed by atoms with Crippen LogP contribution in [0.15, 0.2) is 22.7 Å². The molecule has 1 aromatic rings. The van der Waals surface area contributed by atoms with Gasteiger partial charge in [-0.1, -0.05) is 15.9 Å². The molecule has 4 nitrogen and oxygen atoms in total. The van der Waals surface area contributed by atoms with Gasteiger partial charge in [-0.25, -0.2) is 0 Å². The Morgan fingerprint density at radius 1 is 1.19 bits per heavy atom. The molecule has 0 bridgehead atoms. The molecule has 1 aliphatic carbocycles. The van der Waals surface area contributed by atoms with E-state index < -0.39 is 0 Å². The summed E-state index contributed by atoms with van der Waals surface area (Å²) >= 11 is 3.49. The maximum absolute atomic E-state index is 13.2. The average Bonchev–Trinajstić information content (AvgIpc) is 3.45. The first-order valence-corrected chi connectivity index (χ1v) is 10.8. The smallest absolute Gasteiger partial charge is 0.257 e. The summed E-state index contributed by atoms with van der Waals surface area (Å²) in [6, 6.07) is 7.27. The van der Waals surface area contributed by atoms with Gasteiger partial charge < -0.3 is 9.64 Å². The van der Waals surface area contributed by atoms with Crippen LogP contribution < -0.4 is 4.74 Å². The fourth-order valence-electron chi connectivity index (χ4n) is 4.68. The molecule has 0 N–H and O–H groups in total. The van der Waals surface area contributed by atoms with E-state index in [-0.39, 0.29) is 12.0 Å². The first kappa shape index (κ1) is 18.3. The molecule has 26 heavy (non-hydrogen) atoms. The lowest BCUT2D eigenvalue weighted by Crippen LogP contribution is -2.55. The number of halogens is 1. The number of hydrogen-bond donors (Lipinski definition) is 0. The minimum absolute atomic E-state index is 0.0482. The van der Waals surface area contributed by atoms with Gasteiger partial charge in [0.15, 0.2) is 0 Å². The fourth-order valence-corrected chi connectivity index (χ4v) is 5.02. The van der Waals surface area contributed by atoms with Crippen LogP contribution in [0.4, 0.5) is 0 Å². The first-order valence-electron chi connectivity index (χ1n) is 10.0. The Balaban J connectivity index is 1.49. The number of ether oxygens (including phenoxy) is 1. The average molecular weight is 421 g/mol. The number of amides is 1. The first-order chi connectivity index (χ1) is 12.5. The van der Waals surface area contributed by atoms with Crippen molar-refractivity contribution in [2.75, 3.05) is 19.6 Å². The van der Waals surface area contributed by atoms with Crippen molar-refractivity contribution in [3.63, 3.8) is 0 Å². The molecule has 2 aliphatic heterocycles. The van der Waals surface area contributed by atoms with Gasteiger partial charge in [0.25, 0.3) is 5.91 Å². The molecule has 0 aromatic heterocycles. The van der Waals surface area contributed by atoms with Crippen LogP contribution in [0, 0.1) is 5.92 Å². The summed E-state index contributed by atoms with van der Waals surface area (Å²) in [4.78, 5) is 18.0. The molecular formula is C21H29BrN2O2. The molecule has 5 heteroatoms. The number of likely N-dealkylation sites (tertiary alicyclic amines) is 2. The Hall–Kier alpha value is -1.07. The molecular weight excluding hydrogens is 392 g/mol. The number of benzene rings is 1. The van der Waals surface area contributed by atoms with Crippen molar-refractivity contribution >= 4 is 21.8 Å². The zero-order chi connectivity index (χ0) is 18.3. The topological polar surface area (TPSA) is 32.8 Å². The zero-order valence-corrected chi connectivity index (χ0v) is 17.4. The van der Waals surface area contributed by atoms with E-state index in [2.05, 4.69) is 25.7 Å². The number of nitrogens with zero attached hydrogens (tertiary/aromatic N) is 2. The highest BCUT2D eigenvalue weighted by Crippen LogP contribution is 2.39. The van der Waals surface area contributed by atoms with E-state index in [1.54, 1.807) is 0 Å². The van der Waals surface area contributed by atoms with Crippen LogP contribution in [-0.2, 0) is 0 Å². The van der Waals surface area contributed by atoms with Crippen molar-refractivity contribution in [2.24, 2.45) is 5.92 Å². The van der Waals surface area contributed by atoms with E-state index in [9.17, 15) is 4.79 Å². The highest BCUT2D eigenvalue weighted by atomic mass is 79.9. The van der Waals surface area contributed by atoms with E-state index in [1.165, 1.54) is 32.2 Å². The summed E-state index contributed by atoms with van der Waals surface area (Å²) in [5, 5.41) is 0. The van der Waals surface area contributed by atoms with E-state index in [0.29, 0.717) is 23.3 Å². The molecule has 2 saturated heterocycles. The highest BCUT2D eigenvalue weighted by molar-refractivity contribution is 9.10. The maximum atomic E-state index is 13.2. The van der Waals surface area contributed by atoms with Crippen LogP contribution in [0.2, 0.25) is 0 Å². The molecule has 1 amide bonds. The molecule has 1 saturated carbocycles. The molecule has 0 radical (unpaired) electrons. The Morgan fingerprint density at radius 2 is 2.00 bits per heavy atom. The van der Waals surface area contributed by atoms with Crippen molar-refractivity contribution in [3.05, 3.63) is 28.2 Å². The van der Waals surface area contributed by atoms with E-state index in [4.69, 9.17) is 4.74 Å². The van der Waals surface area contributed by atoms with Gasteiger partial charge in [0.05, 0.1) is 11.7 Å². The van der Waals surface area contributed by atoms with E-state index in [0.717, 1.165) is 30.0 Å². The number of piperidine rings is 2. The van der Waals surface area contributed by atoms with Crippen molar-refractivity contribution in [3.8, 4) is 5.75 Å². The third-order valence-electron chi connectivity index (χ3n) is 5.95. The van der Waals surface area contributed by atoms with Gasteiger partial charge in [-0.05, 0) is 76.6 Å². The summed E-state index contributed by atoms with van der Waals surface area (Å²) in [6.45, 7) is 7.01. The van der Waals surface area contributed by atoms with Gasteiger partial charge in [0, 0.05) is 29.6 Å². The summed E-state index contributed by atoms with van der Waals surface area (Å²) in [5.74, 6) is 1.44. The third-order valence-corrected chi connectivity index (χ3v) is 6.44. The van der Waals surface area contributed by atoms with Gasteiger partial charge >= 0.3 is 0 Å². The molecule has 142 valence electrons. The Kier molecular flexibility index (Phi) is 5.29. The van der Waals surface area contributed by atoms with Crippen molar-refractivity contribution in [1.82, 2.24) is 9.80 Å². The molecule has 1 aromatic carbocycles. The number of rotatable bonds is 4. The summed E-state index contributed by atoms with van der Waals surface area (Å²) in [7, 11) is 0. The van der Waals surface area contributed by atoms with Crippen LogP contribution in [-0.4, -0.2) is 53.5 Å². The van der Waals surface area contributed by atoms with Crippen molar-refractivity contribution in [1.29, 1.82) is 0 Å². The maximum Gasteiger partial charge on any atom is 0.257 e. The van der Waals surface area contributed by atoms with Gasteiger partial charge in [0.1, 0.15) is 5.75 Å². The number of fused-ring (bicyclic) bond motifs is 1. The predicted molar refractivity (Wildman–Crippen MR) is 107 cm³/mol. The second-order valence-corrected chi connectivity index (χ2v) is 9.20. The van der Waals surface area contributed by atoms with Crippen LogP contribution >= 0.6 is 15.9 Å². The molecule has 3 aliphatic rings. The van der Waals surface area contributed by atoms with Crippen LogP contribution in [0.3, 0.4) is 0 Å². The third kappa shape index (κ3) is 3.79. The molecule has 2 heterocycles. The molecule has 2 unspecified atom stereocenters. The van der Waals surface area contributed by atoms with E-state index >= 15 is 0 Å². The Labute approximate surface area is 165 Å². The quantitative estimate of drug-likeness (QED) is 0.726. The summed E-state index contributed by atoms with van der Waals surface area (Å²) < 4.78 is 6.86. The highest BCUT2D eigenvalue weighted by Gasteiger charge is 2.42. The second kappa shape index (κ2) is 7.51. The molecule has 4 rings (SSSR count). The molecule has 3 fully saturated rings. The minimum Gasteiger partial charge on any atom is -0.490 e. The minimum atomic E-state index is 0.0482. The van der Waals surface area contributed by atoms with Crippen LogP contribution in [0.1, 0.15) is 56.3 Å². The lowest BCUT2D eigenvalue weighted by molar-refractivity contribution is 0.0172. The largest absolute Gasteiger partial charge is 0.490 e. The summed E-state index contributed by atoms with van der Waals surface area (Å²) in [6.07, 6.45) is 6.45. The van der Waals surface area contributed by atoms with Crippen molar-refractivity contribution < 1.29 is 9.53 Å². The normalized spacial score (nSPS) is 26.7. The van der Waals surface area contributed by atoms with Crippen LogP contribution in [0.25, 0.3) is 0 Å². The van der Waals surface area contributed by atoms with Crippen molar-refractivity contribution in [2.45, 2.75) is 64.1 Å². The number of carbonyl (C=O) groups excluding carboxylic acids is 1. The monoisotopic (exact) mass is 420 g/mol. The van der Waals surface area contributed by atoms with Gasteiger partial charge in [0.2, 0.25) is 0 Å². The SMILES string of the molecule is CC(C)Oc1cc(Br)ccc1C(=O)N1CCC2C(CCCN2C2CC2)C1. The predicted octanol–water partition coefficient (Wildman–Crippen LogP) is 4.33. The van der Waals surface area contributed by atoms with E-state index in [1.807, 2.05) is 32.0 Å². The summed E-state index contributed by atoms with van der Waals surface area (Å²) in [5.41, 5.74) is 0.690. The lowest BCUT2D eigenvalue weighted by Gasteiger charge is -2.47. The van der Waals surface area contributed by atoms with Crippen LogP contribution in [0.5, 0.6) is 5.75 Å². The molecule has 2 atom stereocenters. The number of carbonyl (C=O) groups is 1. The number of hydrogen-bond acceptors (Lipinski definition) is 3. The molecule has 0 spiro atoms. The zero-order valence-electron chi connectivity index (χ0n) is 15.8. The Morgan fingerprint density at radius 3 is 2.73 bits per heavy atom. The van der Waals surface area contributed by atoms with Gasteiger partial charge in [-0.15, -0.1) is 0 Å². The Bertz CT molecular complexity index is 674. The lowest BCUT2D eigenvalue weighted by atomic mass is 9.83. The van der Waals surface area contributed by atoms with Gasteiger partial charge in [-0.3, -0.25) is 9.69 Å². The van der Waals surface area contributed by atoms with Gasteiger partial charge in [-0.2, -0.15) is 0 Å².